The van der Waals surface area contributed by atoms with E-state index in [0.717, 1.165) is 13.0 Å². The highest BCUT2D eigenvalue weighted by Gasteiger charge is 1.97. The Hall–Kier alpha value is -0.310. The van der Waals surface area contributed by atoms with Gasteiger partial charge in [0.2, 0.25) is 0 Å². The molecule has 0 fully saturated rings. The van der Waals surface area contributed by atoms with Gasteiger partial charge in [0.25, 0.3) is 5.17 Å². The molecule has 0 unspecified atom stereocenters. The van der Waals surface area contributed by atoms with Crippen LogP contribution in [0.3, 0.4) is 0 Å². The average molecular weight is 189 g/mol. The number of nitrogens with zero attached hydrogens (tertiary/aromatic N) is 1. The summed E-state index contributed by atoms with van der Waals surface area (Å²) in [5.74, 6) is 0. The molecule has 0 saturated heterocycles. The van der Waals surface area contributed by atoms with E-state index in [9.17, 15) is 0 Å². The van der Waals surface area contributed by atoms with Gasteiger partial charge in [0.15, 0.2) is 0 Å². The molecule has 0 rings (SSSR count). The number of unbranched alkanes of at least 4 members (excludes halogenated alkanes) is 3. The van der Waals surface area contributed by atoms with E-state index >= 15 is 0 Å². The zero-order valence-electron chi connectivity index (χ0n) is 8.30. The van der Waals surface area contributed by atoms with Gasteiger partial charge in [-0.2, -0.15) is 0 Å². The van der Waals surface area contributed by atoms with Gasteiger partial charge in [-0.15, -0.1) is 0 Å². The van der Waals surface area contributed by atoms with Gasteiger partial charge in [-0.3, -0.25) is 0 Å². The second-order valence-corrected chi connectivity index (χ2v) is 3.42. The molecule has 0 heterocycles. The van der Waals surface area contributed by atoms with Crippen LogP contribution in [-0.4, -0.2) is 30.8 Å². The fourth-order valence-electron chi connectivity index (χ4n) is 0.817. The molecule has 3 heteroatoms. The summed E-state index contributed by atoms with van der Waals surface area (Å²) < 4.78 is 5.31. The SMILES string of the molecule is CCCCCCOC(=S)N(C)C. The molecule has 12 heavy (non-hydrogen) atoms. The molecule has 0 spiro atoms. The lowest BCUT2D eigenvalue weighted by molar-refractivity contribution is 0.260. The zero-order chi connectivity index (χ0) is 9.40. The molecule has 0 amide bonds. The Morgan fingerprint density at radius 2 is 1.92 bits per heavy atom. The molecule has 0 aromatic carbocycles. The summed E-state index contributed by atoms with van der Waals surface area (Å²) in [6, 6.07) is 0. The highest BCUT2D eigenvalue weighted by atomic mass is 32.1. The van der Waals surface area contributed by atoms with Crippen LogP contribution in [0.4, 0.5) is 0 Å². The van der Waals surface area contributed by atoms with Crippen molar-refractivity contribution in [1.82, 2.24) is 4.90 Å². The minimum Gasteiger partial charge on any atom is -0.471 e. The highest BCUT2D eigenvalue weighted by Crippen LogP contribution is 1.99. The summed E-state index contributed by atoms with van der Waals surface area (Å²) in [6.07, 6.45) is 4.91. The van der Waals surface area contributed by atoms with E-state index in [1.165, 1.54) is 19.3 Å². The lowest BCUT2D eigenvalue weighted by Crippen LogP contribution is -2.22. The Morgan fingerprint density at radius 1 is 1.25 bits per heavy atom. The third-order valence-electron chi connectivity index (χ3n) is 1.59. The Balaban J connectivity index is 3.14. The molecule has 0 aromatic rings. The molecule has 0 saturated carbocycles. The third-order valence-corrected chi connectivity index (χ3v) is 2.07. The van der Waals surface area contributed by atoms with Crippen LogP contribution in [0.2, 0.25) is 0 Å². The normalized spacial score (nSPS) is 9.58. The number of hydrogen-bond donors (Lipinski definition) is 0. The van der Waals surface area contributed by atoms with Crippen molar-refractivity contribution >= 4 is 17.4 Å². The van der Waals surface area contributed by atoms with E-state index in [2.05, 4.69) is 6.92 Å². The average Bonchev–Trinajstić information content (AvgIpc) is 2.03. The molecule has 0 N–H and O–H groups in total. The van der Waals surface area contributed by atoms with Crippen molar-refractivity contribution in [3.05, 3.63) is 0 Å². The first kappa shape index (κ1) is 11.7. The van der Waals surface area contributed by atoms with Gasteiger partial charge in [0, 0.05) is 14.1 Å². The summed E-state index contributed by atoms with van der Waals surface area (Å²) in [4.78, 5) is 1.81. The number of ether oxygens (including phenoxy) is 1. The molecule has 0 atom stereocenters. The molecule has 0 aliphatic heterocycles. The van der Waals surface area contributed by atoms with Gasteiger partial charge in [0.05, 0.1) is 6.61 Å². The minimum absolute atomic E-state index is 0.589. The lowest BCUT2D eigenvalue weighted by Gasteiger charge is -2.13. The maximum Gasteiger partial charge on any atom is 0.258 e. The van der Waals surface area contributed by atoms with E-state index in [-0.39, 0.29) is 0 Å². The Morgan fingerprint density at radius 3 is 2.42 bits per heavy atom. The van der Waals surface area contributed by atoms with Crippen molar-refractivity contribution < 1.29 is 4.74 Å². The maximum absolute atomic E-state index is 5.31. The van der Waals surface area contributed by atoms with Gasteiger partial charge in [-0.25, -0.2) is 0 Å². The molecular weight excluding hydrogens is 170 g/mol. The van der Waals surface area contributed by atoms with Gasteiger partial charge in [-0.05, 0) is 18.6 Å². The highest BCUT2D eigenvalue weighted by molar-refractivity contribution is 7.80. The van der Waals surface area contributed by atoms with Crippen LogP contribution in [0.1, 0.15) is 32.6 Å². The van der Waals surface area contributed by atoms with Crippen molar-refractivity contribution in [1.29, 1.82) is 0 Å². The van der Waals surface area contributed by atoms with Crippen LogP contribution in [-0.2, 0) is 4.74 Å². The summed E-state index contributed by atoms with van der Waals surface area (Å²) >= 11 is 4.96. The summed E-state index contributed by atoms with van der Waals surface area (Å²) in [6.45, 7) is 2.96. The molecule has 0 aromatic heterocycles. The Kier molecular flexibility index (Phi) is 7.16. The first-order valence-electron chi connectivity index (χ1n) is 4.52. The van der Waals surface area contributed by atoms with Gasteiger partial charge < -0.3 is 9.64 Å². The predicted molar refractivity (Wildman–Crippen MR) is 56.4 cm³/mol. The molecular formula is C9H19NOS. The lowest BCUT2D eigenvalue weighted by atomic mass is 10.2. The van der Waals surface area contributed by atoms with Crippen molar-refractivity contribution in [2.75, 3.05) is 20.7 Å². The molecule has 2 nitrogen and oxygen atoms in total. The second-order valence-electron chi connectivity index (χ2n) is 3.07. The van der Waals surface area contributed by atoms with E-state index in [4.69, 9.17) is 17.0 Å². The summed E-state index contributed by atoms with van der Waals surface area (Å²) in [7, 11) is 3.79. The monoisotopic (exact) mass is 189 g/mol. The van der Waals surface area contributed by atoms with Crippen molar-refractivity contribution in [3.8, 4) is 0 Å². The summed E-state index contributed by atoms with van der Waals surface area (Å²) in [5, 5.41) is 0.589. The zero-order valence-corrected chi connectivity index (χ0v) is 9.12. The van der Waals surface area contributed by atoms with Crippen LogP contribution < -0.4 is 0 Å². The van der Waals surface area contributed by atoms with Crippen molar-refractivity contribution in [3.63, 3.8) is 0 Å². The minimum atomic E-state index is 0.589. The molecule has 72 valence electrons. The van der Waals surface area contributed by atoms with E-state index in [1.807, 2.05) is 19.0 Å². The Bertz CT molecular complexity index is 126. The van der Waals surface area contributed by atoms with Crippen LogP contribution >= 0.6 is 12.2 Å². The molecule has 0 bridgehead atoms. The summed E-state index contributed by atoms with van der Waals surface area (Å²) in [5.41, 5.74) is 0. The molecule has 0 radical (unpaired) electrons. The number of hydrogen-bond acceptors (Lipinski definition) is 2. The van der Waals surface area contributed by atoms with Crippen molar-refractivity contribution in [2.24, 2.45) is 0 Å². The van der Waals surface area contributed by atoms with Crippen LogP contribution in [0, 0.1) is 0 Å². The van der Waals surface area contributed by atoms with E-state index in [0.29, 0.717) is 5.17 Å². The number of rotatable bonds is 5. The third kappa shape index (κ3) is 6.40. The van der Waals surface area contributed by atoms with Gasteiger partial charge in [0.1, 0.15) is 0 Å². The predicted octanol–water partition coefficient (Wildman–Crippen LogP) is 2.43. The first-order valence-corrected chi connectivity index (χ1v) is 4.93. The smallest absolute Gasteiger partial charge is 0.258 e. The van der Waals surface area contributed by atoms with E-state index < -0.39 is 0 Å². The first-order chi connectivity index (χ1) is 5.68. The molecule has 0 aliphatic carbocycles. The quantitative estimate of drug-likeness (QED) is 0.487. The number of thiocarbonyl (C=S) groups is 1. The topological polar surface area (TPSA) is 12.5 Å². The van der Waals surface area contributed by atoms with Crippen LogP contribution in [0.15, 0.2) is 0 Å². The van der Waals surface area contributed by atoms with Crippen LogP contribution in [0.25, 0.3) is 0 Å². The fraction of sp³-hybridized carbons (Fsp3) is 0.889. The molecule has 0 aliphatic rings. The van der Waals surface area contributed by atoms with Crippen molar-refractivity contribution in [2.45, 2.75) is 32.6 Å². The Labute approximate surface area is 80.9 Å². The van der Waals surface area contributed by atoms with Crippen LogP contribution in [0.5, 0.6) is 0 Å². The fourth-order valence-corrected chi connectivity index (χ4v) is 0.901. The largest absolute Gasteiger partial charge is 0.471 e. The second kappa shape index (κ2) is 7.35. The van der Waals surface area contributed by atoms with Gasteiger partial charge in [-0.1, -0.05) is 26.2 Å². The standard InChI is InChI=1S/C9H19NOS/c1-4-5-6-7-8-11-9(12)10(2)3/h4-8H2,1-3H3. The maximum atomic E-state index is 5.31. The van der Waals surface area contributed by atoms with Gasteiger partial charge >= 0.3 is 0 Å². The van der Waals surface area contributed by atoms with E-state index in [1.54, 1.807) is 0 Å².